The molecule has 1 heterocycles. The van der Waals surface area contributed by atoms with Gasteiger partial charge in [0.1, 0.15) is 0 Å². The van der Waals surface area contributed by atoms with Crippen LogP contribution in [0, 0.1) is 24.0 Å². The first-order chi connectivity index (χ1) is 12.9. The molecule has 3 aromatic rings. The highest BCUT2D eigenvalue weighted by atomic mass is 32.2. The van der Waals surface area contributed by atoms with Gasteiger partial charge in [-0.15, -0.1) is 0 Å². The van der Waals surface area contributed by atoms with Crippen molar-refractivity contribution >= 4 is 29.0 Å². The van der Waals surface area contributed by atoms with E-state index < -0.39 is 4.92 Å². The van der Waals surface area contributed by atoms with Crippen LogP contribution in [0.1, 0.15) is 11.1 Å². The number of nitrogens with one attached hydrogen (secondary N) is 1. The molecule has 1 amide bonds. The zero-order valence-electron chi connectivity index (χ0n) is 14.9. The molecule has 7 nitrogen and oxygen atoms in total. The SMILES string of the molecule is Cc1cc(C)cc(-n2ccnc2SCC(=O)Nc2ccc([N+](=O)[O-])cc2)c1. The Morgan fingerprint density at radius 3 is 2.48 bits per heavy atom. The van der Waals surface area contributed by atoms with Crippen molar-refractivity contribution in [2.75, 3.05) is 11.1 Å². The number of hydrogen-bond acceptors (Lipinski definition) is 5. The van der Waals surface area contributed by atoms with Crippen molar-refractivity contribution in [3.63, 3.8) is 0 Å². The fourth-order valence-electron chi connectivity index (χ4n) is 2.68. The summed E-state index contributed by atoms with van der Waals surface area (Å²) in [5, 5.41) is 14.1. The summed E-state index contributed by atoms with van der Waals surface area (Å²) in [6.45, 7) is 4.08. The zero-order chi connectivity index (χ0) is 19.4. The van der Waals surface area contributed by atoms with E-state index in [9.17, 15) is 14.9 Å². The molecular weight excluding hydrogens is 364 g/mol. The highest BCUT2D eigenvalue weighted by molar-refractivity contribution is 7.99. The molecule has 138 valence electrons. The molecule has 0 aliphatic heterocycles. The average molecular weight is 382 g/mol. The number of carbonyl (C=O) groups excluding carboxylic acids is 1. The van der Waals surface area contributed by atoms with E-state index in [1.165, 1.54) is 36.0 Å². The van der Waals surface area contributed by atoms with Crippen molar-refractivity contribution < 1.29 is 9.72 Å². The number of carbonyl (C=O) groups is 1. The normalized spacial score (nSPS) is 10.6. The molecule has 0 fully saturated rings. The third kappa shape index (κ3) is 4.73. The molecule has 0 unspecified atom stereocenters. The van der Waals surface area contributed by atoms with Crippen LogP contribution in [0.25, 0.3) is 5.69 Å². The van der Waals surface area contributed by atoms with Gasteiger partial charge in [0.05, 0.1) is 10.7 Å². The summed E-state index contributed by atoms with van der Waals surface area (Å²) < 4.78 is 1.95. The number of amides is 1. The Labute approximate surface area is 160 Å². The summed E-state index contributed by atoms with van der Waals surface area (Å²) in [6, 6.07) is 12.0. The predicted octanol–water partition coefficient (Wildman–Crippen LogP) is 4.13. The molecule has 1 N–H and O–H groups in total. The van der Waals surface area contributed by atoms with Gasteiger partial charge >= 0.3 is 0 Å². The molecule has 0 radical (unpaired) electrons. The van der Waals surface area contributed by atoms with Gasteiger partial charge in [0.15, 0.2) is 5.16 Å². The van der Waals surface area contributed by atoms with Crippen molar-refractivity contribution in [1.29, 1.82) is 0 Å². The minimum atomic E-state index is -0.478. The number of rotatable bonds is 6. The molecule has 0 bridgehead atoms. The number of imidazole rings is 1. The predicted molar refractivity (Wildman–Crippen MR) is 105 cm³/mol. The molecule has 0 aliphatic rings. The lowest BCUT2D eigenvalue weighted by molar-refractivity contribution is -0.384. The lowest BCUT2D eigenvalue weighted by Crippen LogP contribution is -2.14. The Balaban J connectivity index is 1.64. The lowest BCUT2D eigenvalue weighted by Gasteiger charge is -2.10. The van der Waals surface area contributed by atoms with Gasteiger partial charge in [-0.25, -0.2) is 4.98 Å². The molecule has 0 aliphatic carbocycles. The summed E-state index contributed by atoms with van der Waals surface area (Å²) in [4.78, 5) is 26.7. The monoisotopic (exact) mass is 382 g/mol. The summed E-state index contributed by atoms with van der Waals surface area (Å²) in [6.07, 6.45) is 3.57. The van der Waals surface area contributed by atoms with Crippen molar-refractivity contribution in [3.8, 4) is 5.69 Å². The number of aryl methyl sites for hydroxylation is 2. The van der Waals surface area contributed by atoms with E-state index in [-0.39, 0.29) is 17.3 Å². The molecule has 2 aromatic carbocycles. The second-order valence-electron chi connectivity index (χ2n) is 6.07. The highest BCUT2D eigenvalue weighted by Gasteiger charge is 2.11. The molecular formula is C19H18N4O3S. The van der Waals surface area contributed by atoms with Crippen LogP contribution in [0.4, 0.5) is 11.4 Å². The van der Waals surface area contributed by atoms with E-state index in [2.05, 4.69) is 28.5 Å². The molecule has 3 rings (SSSR count). The minimum absolute atomic E-state index is 0.0159. The maximum absolute atomic E-state index is 12.2. The number of nitro benzene ring substituents is 1. The number of nitrogens with zero attached hydrogens (tertiary/aromatic N) is 3. The number of aromatic nitrogens is 2. The van der Waals surface area contributed by atoms with Gasteiger partial charge < -0.3 is 5.32 Å². The molecule has 1 aromatic heterocycles. The Bertz CT molecular complexity index is 963. The molecule has 27 heavy (non-hydrogen) atoms. The zero-order valence-corrected chi connectivity index (χ0v) is 15.7. The van der Waals surface area contributed by atoms with Crippen molar-refractivity contribution in [3.05, 3.63) is 76.1 Å². The standard InChI is InChI=1S/C19H18N4O3S/c1-13-9-14(2)11-17(10-13)22-8-7-20-19(22)27-12-18(24)21-15-3-5-16(6-4-15)23(25)26/h3-11H,12H2,1-2H3,(H,21,24). The molecule has 8 heteroatoms. The Morgan fingerprint density at radius 1 is 1.19 bits per heavy atom. The van der Waals surface area contributed by atoms with Crippen LogP contribution < -0.4 is 5.32 Å². The van der Waals surface area contributed by atoms with Crippen LogP contribution in [-0.4, -0.2) is 26.1 Å². The molecule has 0 atom stereocenters. The smallest absolute Gasteiger partial charge is 0.269 e. The average Bonchev–Trinajstić information content (AvgIpc) is 3.08. The van der Waals surface area contributed by atoms with Gasteiger partial charge in [-0.1, -0.05) is 17.8 Å². The summed E-state index contributed by atoms with van der Waals surface area (Å²) in [5.74, 6) is -0.0254. The second kappa shape index (κ2) is 8.05. The lowest BCUT2D eigenvalue weighted by atomic mass is 10.1. The maximum Gasteiger partial charge on any atom is 0.269 e. The fourth-order valence-corrected chi connectivity index (χ4v) is 3.45. The number of hydrogen-bond donors (Lipinski definition) is 1. The molecule has 0 spiro atoms. The van der Waals surface area contributed by atoms with Crippen LogP contribution >= 0.6 is 11.8 Å². The Hall–Kier alpha value is -3.13. The van der Waals surface area contributed by atoms with Crippen LogP contribution in [0.3, 0.4) is 0 Å². The third-order valence-electron chi connectivity index (χ3n) is 3.79. The van der Waals surface area contributed by atoms with Crippen molar-refractivity contribution in [2.45, 2.75) is 19.0 Å². The van der Waals surface area contributed by atoms with Gasteiger partial charge in [0.25, 0.3) is 5.69 Å². The van der Waals surface area contributed by atoms with E-state index in [0.29, 0.717) is 5.69 Å². The van der Waals surface area contributed by atoms with Crippen LogP contribution in [0.2, 0.25) is 0 Å². The van der Waals surface area contributed by atoms with E-state index in [0.717, 1.165) is 22.0 Å². The van der Waals surface area contributed by atoms with Gasteiger partial charge in [-0.05, 0) is 49.2 Å². The number of nitro groups is 1. The van der Waals surface area contributed by atoms with Gasteiger partial charge in [-0.2, -0.15) is 0 Å². The maximum atomic E-state index is 12.2. The van der Waals surface area contributed by atoms with E-state index in [1.807, 2.05) is 24.6 Å². The van der Waals surface area contributed by atoms with Crippen LogP contribution in [-0.2, 0) is 4.79 Å². The Kier molecular flexibility index (Phi) is 5.56. The second-order valence-corrected chi connectivity index (χ2v) is 7.01. The summed E-state index contributed by atoms with van der Waals surface area (Å²) in [7, 11) is 0. The van der Waals surface area contributed by atoms with Gasteiger partial charge in [0.2, 0.25) is 5.91 Å². The highest BCUT2D eigenvalue weighted by Crippen LogP contribution is 2.23. The molecule has 0 saturated heterocycles. The number of thioether (sulfide) groups is 1. The first-order valence-electron chi connectivity index (χ1n) is 8.21. The quantitative estimate of drug-likeness (QED) is 0.393. The van der Waals surface area contributed by atoms with Crippen LogP contribution in [0.5, 0.6) is 0 Å². The number of benzene rings is 2. The van der Waals surface area contributed by atoms with E-state index in [4.69, 9.17) is 0 Å². The van der Waals surface area contributed by atoms with Gasteiger partial charge in [-0.3, -0.25) is 19.5 Å². The first kappa shape index (κ1) is 18.7. The Morgan fingerprint density at radius 2 is 1.85 bits per heavy atom. The van der Waals surface area contributed by atoms with E-state index >= 15 is 0 Å². The topological polar surface area (TPSA) is 90.1 Å². The van der Waals surface area contributed by atoms with Crippen LogP contribution in [0.15, 0.2) is 60.0 Å². The summed E-state index contributed by atoms with van der Waals surface area (Å²) in [5.41, 5.74) is 3.82. The third-order valence-corrected chi connectivity index (χ3v) is 4.75. The first-order valence-corrected chi connectivity index (χ1v) is 9.20. The fraction of sp³-hybridized carbons (Fsp3) is 0.158. The van der Waals surface area contributed by atoms with Gasteiger partial charge in [0, 0.05) is 35.9 Å². The minimum Gasteiger partial charge on any atom is -0.325 e. The number of anilines is 1. The van der Waals surface area contributed by atoms with Crippen molar-refractivity contribution in [1.82, 2.24) is 9.55 Å². The number of non-ortho nitro benzene ring substituents is 1. The van der Waals surface area contributed by atoms with Crippen molar-refractivity contribution in [2.24, 2.45) is 0 Å². The molecule has 0 saturated carbocycles. The van der Waals surface area contributed by atoms with E-state index in [1.54, 1.807) is 6.20 Å². The largest absolute Gasteiger partial charge is 0.325 e. The summed E-state index contributed by atoms with van der Waals surface area (Å²) >= 11 is 1.33.